The van der Waals surface area contributed by atoms with E-state index in [1.165, 1.54) is 36.1 Å². The van der Waals surface area contributed by atoms with E-state index in [0.29, 0.717) is 16.0 Å². The Morgan fingerprint density at radius 1 is 1.50 bits per heavy atom. The molecule has 116 valence electrons. The Bertz CT molecular complexity index is 904. The number of fused-ring (bicyclic) bond motifs is 1. The predicted octanol–water partition coefficient (Wildman–Crippen LogP) is 1.90. The molecule has 0 saturated carbocycles. The Balaban J connectivity index is 1.98. The molecule has 8 heteroatoms. The maximum Gasteiger partial charge on any atom is 0.259 e. The Morgan fingerprint density at radius 2 is 2.23 bits per heavy atom. The van der Waals surface area contributed by atoms with Crippen molar-refractivity contribution in [2.45, 2.75) is 32.9 Å². The van der Waals surface area contributed by atoms with Crippen LogP contribution in [0.15, 0.2) is 17.1 Å². The third-order valence-electron chi connectivity index (χ3n) is 3.26. The predicted molar refractivity (Wildman–Crippen MR) is 81.5 cm³/mol. The van der Waals surface area contributed by atoms with Crippen molar-refractivity contribution in [1.82, 2.24) is 19.7 Å². The van der Waals surface area contributed by atoms with Crippen LogP contribution >= 0.6 is 11.3 Å². The molecule has 0 saturated heterocycles. The van der Waals surface area contributed by atoms with Crippen LogP contribution in [0.25, 0.3) is 10.2 Å². The zero-order valence-electron chi connectivity index (χ0n) is 12.3. The average molecular weight is 322 g/mol. The number of aliphatic hydroxyl groups is 1. The summed E-state index contributed by atoms with van der Waals surface area (Å²) in [6.07, 6.45) is 1.42. The van der Waals surface area contributed by atoms with Crippen LogP contribution in [0.2, 0.25) is 0 Å². The highest BCUT2D eigenvalue weighted by Gasteiger charge is 2.24. The number of rotatable bonds is 3. The first-order valence-electron chi connectivity index (χ1n) is 6.69. The summed E-state index contributed by atoms with van der Waals surface area (Å²) in [6.45, 7) is 5.00. The summed E-state index contributed by atoms with van der Waals surface area (Å²) in [5.74, 6) is -0.341. The van der Waals surface area contributed by atoms with Crippen molar-refractivity contribution in [3.8, 4) is 0 Å². The SMILES string of the molecule is Cc1cc2c(=O)[nH]c(Cn3cc(C(C)(C)O)c(F)n3)nc2s1. The van der Waals surface area contributed by atoms with Crippen molar-refractivity contribution < 1.29 is 9.50 Å². The quantitative estimate of drug-likeness (QED) is 0.771. The van der Waals surface area contributed by atoms with Gasteiger partial charge in [-0.1, -0.05) is 0 Å². The number of H-pyrrole nitrogens is 1. The van der Waals surface area contributed by atoms with Crippen LogP contribution < -0.4 is 5.56 Å². The fraction of sp³-hybridized carbons (Fsp3) is 0.357. The molecule has 3 rings (SSSR count). The first-order valence-corrected chi connectivity index (χ1v) is 7.51. The minimum atomic E-state index is -1.32. The number of nitrogens with one attached hydrogen (secondary N) is 1. The summed E-state index contributed by atoms with van der Waals surface area (Å²) in [4.78, 5) is 20.7. The summed E-state index contributed by atoms with van der Waals surface area (Å²) < 4.78 is 15.1. The van der Waals surface area contributed by atoms with Gasteiger partial charge < -0.3 is 10.1 Å². The second kappa shape index (κ2) is 4.99. The minimum absolute atomic E-state index is 0.0999. The summed E-state index contributed by atoms with van der Waals surface area (Å²) >= 11 is 1.43. The second-order valence-corrected chi connectivity index (χ2v) is 6.91. The highest BCUT2D eigenvalue weighted by Crippen LogP contribution is 2.22. The van der Waals surface area contributed by atoms with Crippen molar-refractivity contribution >= 4 is 21.6 Å². The normalized spacial score (nSPS) is 12.2. The summed E-state index contributed by atoms with van der Waals surface area (Å²) in [5.41, 5.74) is -1.44. The topological polar surface area (TPSA) is 83.8 Å². The zero-order valence-corrected chi connectivity index (χ0v) is 13.2. The molecular formula is C14H15FN4O2S. The number of hydrogen-bond donors (Lipinski definition) is 2. The van der Waals surface area contributed by atoms with E-state index in [0.717, 1.165) is 4.88 Å². The molecule has 0 radical (unpaired) electrons. The van der Waals surface area contributed by atoms with Gasteiger partial charge >= 0.3 is 0 Å². The highest BCUT2D eigenvalue weighted by atomic mass is 32.1. The van der Waals surface area contributed by atoms with Crippen molar-refractivity contribution in [3.63, 3.8) is 0 Å². The molecule has 6 nitrogen and oxygen atoms in total. The van der Waals surface area contributed by atoms with E-state index in [4.69, 9.17) is 0 Å². The molecule has 0 aromatic carbocycles. The van der Waals surface area contributed by atoms with E-state index in [-0.39, 0.29) is 17.7 Å². The number of halogens is 1. The first-order chi connectivity index (χ1) is 10.2. The van der Waals surface area contributed by atoms with Crippen molar-refractivity contribution in [3.05, 3.63) is 44.8 Å². The van der Waals surface area contributed by atoms with Crippen molar-refractivity contribution in [2.24, 2.45) is 0 Å². The lowest BCUT2D eigenvalue weighted by atomic mass is 10.0. The Kier molecular flexibility index (Phi) is 3.37. The Labute approximate surface area is 129 Å². The molecule has 0 atom stereocenters. The molecule has 0 unspecified atom stereocenters. The maximum atomic E-state index is 13.8. The van der Waals surface area contributed by atoms with Gasteiger partial charge in [0, 0.05) is 11.1 Å². The molecule has 0 fully saturated rings. The number of nitrogens with zero attached hydrogens (tertiary/aromatic N) is 3. The molecule has 3 heterocycles. The molecule has 0 aliphatic heterocycles. The molecule has 22 heavy (non-hydrogen) atoms. The lowest BCUT2D eigenvalue weighted by Crippen LogP contribution is -2.16. The van der Waals surface area contributed by atoms with E-state index >= 15 is 0 Å². The smallest absolute Gasteiger partial charge is 0.259 e. The fourth-order valence-electron chi connectivity index (χ4n) is 2.21. The molecule has 0 bridgehead atoms. The fourth-order valence-corrected chi connectivity index (χ4v) is 3.11. The van der Waals surface area contributed by atoms with Crippen LogP contribution in [-0.2, 0) is 12.1 Å². The van der Waals surface area contributed by atoms with E-state index < -0.39 is 11.5 Å². The van der Waals surface area contributed by atoms with Gasteiger partial charge in [-0.25, -0.2) is 4.98 Å². The lowest BCUT2D eigenvalue weighted by molar-refractivity contribution is 0.0744. The molecule has 3 aromatic rings. The van der Waals surface area contributed by atoms with Crippen molar-refractivity contribution in [2.75, 3.05) is 0 Å². The molecule has 3 aromatic heterocycles. The average Bonchev–Trinajstić information content (AvgIpc) is 2.91. The second-order valence-electron chi connectivity index (χ2n) is 5.68. The van der Waals surface area contributed by atoms with E-state index in [2.05, 4.69) is 15.1 Å². The standard InChI is InChI=1S/C14H15FN4O2S/c1-7-4-8-12(20)16-10(17-13(8)22-7)6-19-5-9(11(15)18-19)14(2,3)21/h4-5,21H,6H2,1-3H3,(H,16,17,20). The van der Waals surface area contributed by atoms with Gasteiger partial charge in [-0.3, -0.25) is 9.48 Å². The van der Waals surface area contributed by atoms with Crippen LogP contribution in [0.4, 0.5) is 4.39 Å². The van der Waals surface area contributed by atoms with Gasteiger partial charge in [-0.2, -0.15) is 4.39 Å². The number of aryl methyl sites for hydroxylation is 1. The molecule has 0 spiro atoms. The van der Waals surface area contributed by atoms with Gasteiger partial charge in [0.25, 0.3) is 5.56 Å². The van der Waals surface area contributed by atoms with Gasteiger partial charge in [0.15, 0.2) is 0 Å². The summed E-state index contributed by atoms with van der Waals surface area (Å²) in [6, 6.07) is 1.79. The largest absolute Gasteiger partial charge is 0.386 e. The molecule has 0 aliphatic carbocycles. The maximum absolute atomic E-state index is 13.8. The summed E-state index contributed by atoms with van der Waals surface area (Å²) in [5, 5.41) is 14.1. The van der Waals surface area contributed by atoms with E-state index in [1.54, 1.807) is 6.07 Å². The molecule has 0 amide bonds. The van der Waals surface area contributed by atoms with Crippen LogP contribution in [0, 0.1) is 12.9 Å². The molecular weight excluding hydrogens is 307 g/mol. The minimum Gasteiger partial charge on any atom is -0.386 e. The summed E-state index contributed by atoms with van der Waals surface area (Å²) in [7, 11) is 0. The number of aromatic amines is 1. The Hall–Kier alpha value is -2.06. The lowest BCUT2D eigenvalue weighted by Gasteiger charge is -2.14. The van der Waals surface area contributed by atoms with Crippen LogP contribution in [0.5, 0.6) is 0 Å². The van der Waals surface area contributed by atoms with Crippen LogP contribution in [-0.4, -0.2) is 24.9 Å². The third kappa shape index (κ3) is 2.67. The van der Waals surface area contributed by atoms with Gasteiger partial charge in [-0.15, -0.1) is 16.4 Å². The Morgan fingerprint density at radius 3 is 2.86 bits per heavy atom. The van der Waals surface area contributed by atoms with Gasteiger partial charge in [0.1, 0.15) is 10.7 Å². The van der Waals surface area contributed by atoms with Gasteiger partial charge in [0.2, 0.25) is 5.95 Å². The third-order valence-corrected chi connectivity index (χ3v) is 4.21. The zero-order chi connectivity index (χ0) is 16.1. The first kappa shape index (κ1) is 14.9. The monoisotopic (exact) mass is 322 g/mol. The van der Waals surface area contributed by atoms with Gasteiger partial charge in [-0.05, 0) is 26.8 Å². The molecule has 2 N–H and O–H groups in total. The number of aromatic nitrogens is 4. The number of hydrogen-bond acceptors (Lipinski definition) is 5. The van der Waals surface area contributed by atoms with Crippen LogP contribution in [0.1, 0.15) is 30.1 Å². The highest BCUT2D eigenvalue weighted by molar-refractivity contribution is 7.18. The van der Waals surface area contributed by atoms with Gasteiger partial charge in [0.05, 0.1) is 23.1 Å². The molecule has 0 aliphatic rings. The van der Waals surface area contributed by atoms with E-state index in [9.17, 15) is 14.3 Å². The van der Waals surface area contributed by atoms with Crippen molar-refractivity contribution in [1.29, 1.82) is 0 Å². The number of thiophene rings is 1. The van der Waals surface area contributed by atoms with E-state index in [1.807, 2.05) is 6.92 Å². The van der Waals surface area contributed by atoms with Crippen LogP contribution in [0.3, 0.4) is 0 Å².